The smallest absolute Gasteiger partial charge is 0.231 e. The Hall–Kier alpha value is -2.99. The molecule has 3 aromatic rings. The molecule has 2 aliphatic rings. The number of methoxy groups -OCH3 is 1. The minimum absolute atomic E-state index is 0.165. The van der Waals surface area contributed by atoms with Gasteiger partial charge in [-0.1, -0.05) is 41.4 Å². The van der Waals surface area contributed by atoms with Crippen LogP contribution in [-0.2, 0) is 13.0 Å². The van der Waals surface area contributed by atoms with Crippen molar-refractivity contribution in [2.45, 2.75) is 19.9 Å². The van der Waals surface area contributed by atoms with E-state index in [0.717, 1.165) is 35.6 Å². The van der Waals surface area contributed by atoms with Gasteiger partial charge in [0.2, 0.25) is 5.78 Å². The molecule has 0 unspecified atom stereocenters. The number of carbonyl (C=O) groups is 1. The van der Waals surface area contributed by atoms with Gasteiger partial charge in [0, 0.05) is 34.3 Å². The third-order valence-corrected chi connectivity index (χ3v) is 6.69. The summed E-state index contributed by atoms with van der Waals surface area (Å²) in [6.07, 6.45) is 2.55. The fourth-order valence-electron chi connectivity index (χ4n) is 4.28. The molecular formula is C27H23Cl2NO4. The maximum atomic E-state index is 13.1. The molecule has 0 bridgehead atoms. The summed E-state index contributed by atoms with van der Waals surface area (Å²) in [5.74, 6) is 2.26. The number of benzene rings is 3. The number of ketones is 1. The minimum atomic E-state index is -0.165. The number of hydrogen-bond donors (Lipinski definition) is 0. The van der Waals surface area contributed by atoms with Crippen LogP contribution < -0.4 is 14.2 Å². The molecule has 0 aliphatic carbocycles. The Bertz CT molecular complexity index is 1300. The number of ether oxygens (including phenoxy) is 3. The van der Waals surface area contributed by atoms with Crippen molar-refractivity contribution in [3.05, 3.63) is 92.2 Å². The highest BCUT2D eigenvalue weighted by atomic mass is 35.5. The monoisotopic (exact) mass is 495 g/mol. The van der Waals surface area contributed by atoms with Crippen molar-refractivity contribution in [2.75, 3.05) is 20.4 Å². The first-order valence-corrected chi connectivity index (χ1v) is 11.7. The minimum Gasteiger partial charge on any atom is -0.497 e. The predicted molar refractivity (Wildman–Crippen MR) is 133 cm³/mol. The fraction of sp³-hybridized carbons (Fsp3) is 0.222. The summed E-state index contributed by atoms with van der Waals surface area (Å²) in [5, 5.41) is 0.991. The van der Waals surface area contributed by atoms with Crippen LogP contribution in [0.1, 0.15) is 32.6 Å². The Balaban J connectivity index is 1.34. The molecule has 5 nitrogen and oxygen atoms in total. The Labute approximate surface area is 208 Å². The molecule has 3 aromatic carbocycles. The van der Waals surface area contributed by atoms with Gasteiger partial charge in [0.1, 0.15) is 24.0 Å². The molecule has 0 fully saturated rings. The van der Waals surface area contributed by atoms with Crippen LogP contribution in [0.4, 0.5) is 0 Å². The van der Waals surface area contributed by atoms with Crippen molar-refractivity contribution in [1.82, 2.24) is 4.90 Å². The lowest BCUT2D eigenvalue weighted by Crippen LogP contribution is -2.34. The molecule has 0 aromatic heterocycles. The summed E-state index contributed by atoms with van der Waals surface area (Å²) in [6, 6.07) is 15.1. The number of allylic oxidation sites excluding steroid dienone is 1. The maximum Gasteiger partial charge on any atom is 0.231 e. The molecule has 0 amide bonds. The van der Waals surface area contributed by atoms with E-state index in [9.17, 15) is 4.79 Å². The van der Waals surface area contributed by atoms with E-state index in [-0.39, 0.29) is 11.5 Å². The molecular weight excluding hydrogens is 473 g/mol. The van der Waals surface area contributed by atoms with Crippen LogP contribution in [-0.4, -0.2) is 31.1 Å². The third kappa shape index (κ3) is 4.39. The molecule has 0 saturated carbocycles. The summed E-state index contributed by atoms with van der Waals surface area (Å²) in [4.78, 5) is 15.4. The Morgan fingerprint density at radius 2 is 1.88 bits per heavy atom. The quantitative estimate of drug-likeness (QED) is 0.387. The standard InChI is InChI=1S/C27H23Cl2NO4/c1-16-26-19(14-30(15-33-26)10-9-17-3-7-21(32-2)8-4-17)11-22-25(31)24(34-27(16)22)12-18-5-6-20(28)13-23(18)29/h3-8,11-13H,9-10,14-15H2,1-2H3/b24-12-. The number of nitrogens with zero attached hydrogens (tertiary/aromatic N) is 1. The highest BCUT2D eigenvalue weighted by Crippen LogP contribution is 2.43. The van der Waals surface area contributed by atoms with Crippen LogP contribution in [0, 0.1) is 6.92 Å². The first kappa shape index (κ1) is 22.8. The highest BCUT2D eigenvalue weighted by Gasteiger charge is 2.33. The van der Waals surface area contributed by atoms with Gasteiger partial charge < -0.3 is 14.2 Å². The first-order valence-electron chi connectivity index (χ1n) is 11.0. The number of fused-ring (bicyclic) bond motifs is 2. The van der Waals surface area contributed by atoms with Crippen LogP contribution in [0.2, 0.25) is 10.0 Å². The van der Waals surface area contributed by atoms with Crippen molar-refractivity contribution in [1.29, 1.82) is 0 Å². The Kier molecular flexibility index (Phi) is 6.26. The van der Waals surface area contributed by atoms with Crippen molar-refractivity contribution in [3.8, 4) is 17.2 Å². The zero-order valence-corrected chi connectivity index (χ0v) is 20.4. The molecule has 0 N–H and O–H groups in total. The lowest BCUT2D eigenvalue weighted by atomic mass is 10.00. The van der Waals surface area contributed by atoms with Crippen LogP contribution >= 0.6 is 23.2 Å². The second kappa shape index (κ2) is 9.34. The van der Waals surface area contributed by atoms with Crippen molar-refractivity contribution in [2.24, 2.45) is 0 Å². The summed E-state index contributed by atoms with van der Waals surface area (Å²) in [5.41, 5.74) is 4.27. The van der Waals surface area contributed by atoms with E-state index >= 15 is 0 Å². The van der Waals surface area contributed by atoms with Gasteiger partial charge in [-0.05, 0) is 60.9 Å². The van der Waals surface area contributed by atoms with E-state index < -0.39 is 0 Å². The van der Waals surface area contributed by atoms with E-state index in [4.69, 9.17) is 37.4 Å². The molecule has 34 heavy (non-hydrogen) atoms. The van der Waals surface area contributed by atoms with Crippen LogP contribution in [0.5, 0.6) is 17.2 Å². The van der Waals surface area contributed by atoms with Gasteiger partial charge in [-0.2, -0.15) is 0 Å². The molecule has 174 valence electrons. The molecule has 2 heterocycles. The lowest BCUT2D eigenvalue weighted by Gasteiger charge is -2.30. The Morgan fingerprint density at radius 3 is 2.62 bits per heavy atom. The molecule has 0 saturated heterocycles. The van der Waals surface area contributed by atoms with Gasteiger partial charge in [-0.3, -0.25) is 9.69 Å². The van der Waals surface area contributed by atoms with E-state index in [1.807, 2.05) is 25.1 Å². The average molecular weight is 496 g/mol. The fourth-order valence-corrected chi connectivity index (χ4v) is 4.74. The molecule has 0 spiro atoms. The lowest BCUT2D eigenvalue weighted by molar-refractivity contribution is 0.0954. The van der Waals surface area contributed by atoms with Crippen molar-refractivity contribution < 1.29 is 19.0 Å². The second-order valence-corrected chi connectivity index (χ2v) is 9.24. The predicted octanol–water partition coefficient (Wildman–Crippen LogP) is 6.32. The second-order valence-electron chi connectivity index (χ2n) is 8.40. The Morgan fingerprint density at radius 1 is 1.09 bits per heavy atom. The summed E-state index contributed by atoms with van der Waals surface area (Å²) in [6.45, 7) is 3.96. The normalized spacial score (nSPS) is 16.1. The van der Waals surface area contributed by atoms with E-state index in [1.165, 1.54) is 5.56 Å². The van der Waals surface area contributed by atoms with Crippen LogP contribution in [0.25, 0.3) is 6.08 Å². The van der Waals surface area contributed by atoms with Gasteiger partial charge >= 0.3 is 0 Å². The maximum absolute atomic E-state index is 13.1. The zero-order chi connectivity index (χ0) is 23.8. The summed E-state index contributed by atoms with van der Waals surface area (Å²) < 4.78 is 17.3. The van der Waals surface area contributed by atoms with Gasteiger partial charge in [0.25, 0.3) is 0 Å². The van der Waals surface area contributed by atoms with Crippen LogP contribution in [0.3, 0.4) is 0 Å². The SMILES string of the molecule is COc1ccc(CCN2COc3c(cc4c(c3C)O/C(=C\c3ccc(Cl)cc3Cl)C4=O)C2)cc1. The average Bonchev–Trinajstić information content (AvgIpc) is 3.15. The number of rotatable bonds is 5. The molecule has 5 rings (SSSR count). The highest BCUT2D eigenvalue weighted by molar-refractivity contribution is 6.35. The van der Waals surface area contributed by atoms with E-state index in [1.54, 1.807) is 31.4 Å². The van der Waals surface area contributed by atoms with Crippen molar-refractivity contribution in [3.63, 3.8) is 0 Å². The molecule has 0 atom stereocenters. The zero-order valence-electron chi connectivity index (χ0n) is 18.9. The molecule has 7 heteroatoms. The number of halogens is 2. The third-order valence-electron chi connectivity index (χ3n) is 6.13. The van der Waals surface area contributed by atoms with Gasteiger partial charge in [-0.25, -0.2) is 0 Å². The summed E-state index contributed by atoms with van der Waals surface area (Å²) in [7, 11) is 1.66. The number of carbonyl (C=O) groups excluding carboxylic acids is 1. The number of Topliss-reactive ketones (excluding diaryl/α,β-unsaturated/α-hetero) is 1. The first-order chi connectivity index (χ1) is 16.4. The van der Waals surface area contributed by atoms with Gasteiger partial charge in [0.05, 0.1) is 12.7 Å². The van der Waals surface area contributed by atoms with Gasteiger partial charge in [0.15, 0.2) is 5.76 Å². The van der Waals surface area contributed by atoms with E-state index in [2.05, 4.69) is 17.0 Å². The molecule has 2 aliphatic heterocycles. The van der Waals surface area contributed by atoms with E-state index in [0.29, 0.717) is 40.2 Å². The number of hydrogen-bond acceptors (Lipinski definition) is 5. The van der Waals surface area contributed by atoms with Gasteiger partial charge in [-0.15, -0.1) is 0 Å². The van der Waals surface area contributed by atoms with Crippen molar-refractivity contribution >= 4 is 35.1 Å². The summed E-state index contributed by atoms with van der Waals surface area (Å²) >= 11 is 12.3. The largest absolute Gasteiger partial charge is 0.497 e. The van der Waals surface area contributed by atoms with Crippen LogP contribution in [0.15, 0.2) is 54.3 Å². The topological polar surface area (TPSA) is 48.0 Å². The molecule has 0 radical (unpaired) electrons.